The second-order valence-corrected chi connectivity index (χ2v) is 0.610. The average Bonchev–Trinajstić information content (AvgIpc) is 1.36. The molecule has 0 aromatic heterocycles. The molecule has 0 aliphatic heterocycles. The van der Waals surface area contributed by atoms with Crippen molar-refractivity contribution in [1.29, 1.82) is 0 Å². The minimum absolute atomic E-state index is 0. The Morgan fingerprint density at radius 2 is 1.00 bits per heavy atom. The molecule has 0 aliphatic rings. The summed E-state index contributed by atoms with van der Waals surface area (Å²) in [5.74, 6) is -3.65. The van der Waals surface area contributed by atoms with Gasteiger partial charge < -0.3 is 10.2 Å². The summed E-state index contributed by atoms with van der Waals surface area (Å²) in [6, 6.07) is 0. The molecule has 0 saturated carbocycles. The van der Waals surface area contributed by atoms with E-state index < -0.39 is 11.9 Å². The van der Waals surface area contributed by atoms with Gasteiger partial charge in [-0.2, -0.15) is 0 Å². The van der Waals surface area contributed by atoms with E-state index in [0.29, 0.717) is 0 Å². The van der Waals surface area contributed by atoms with Crippen LogP contribution >= 0.6 is 0 Å². The number of hydrogen-bond donors (Lipinski definition) is 2. The Labute approximate surface area is 89.8 Å². The third-order valence-electron chi connectivity index (χ3n) is 0.183. The smallest absolute Gasteiger partial charge is 0.414 e. The van der Waals surface area contributed by atoms with Crippen LogP contribution in [0.3, 0.4) is 0 Å². The number of carboxylic acids is 2. The first-order valence-corrected chi connectivity index (χ1v) is 1.11. The first kappa shape index (κ1) is 16.0. The first-order chi connectivity index (χ1) is 2.64. The molecule has 0 bridgehead atoms. The SMILES string of the molecule is O=C(O)C(=O)O.[Na].[Na]. The van der Waals surface area contributed by atoms with Crippen molar-refractivity contribution in [2.45, 2.75) is 0 Å². The van der Waals surface area contributed by atoms with Crippen molar-refractivity contribution in [2.24, 2.45) is 0 Å². The second kappa shape index (κ2) is 7.94. The van der Waals surface area contributed by atoms with Gasteiger partial charge in [-0.1, -0.05) is 0 Å². The van der Waals surface area contributed by atoms with Crippen LogP contribution in [0.15, 0.2) is 0 Å². The summed E-state index contributed by atoms with van der Waals surface area (Å²) in [4.78, 5) is 18.2. The summed E-state index contributed by atoms with van der Waals surface area (Å²) >= 11 is 0. The number of carbonyl (C=O) groups is 2. The molecule has 0 aromatic carbocycles. The minimum Gasteiger partial charge on any atom is -0.473 e. The van der Waals surface area contributed by atoms with Crippen LogP contribution in [0.2, 0.25) is 0 Å². The van der Waals surface area contributed by atoms with Crippen molar-refractivity contribution in [2.75, 3.05) is 0 Å². The van der Waals surface area contributed by atoms with Gasteiger partial charge in [0.1, 0.15) is 0 Å². The molecule has 8 heavy (non-hydrogen) atoms. The van der Waals surface area contributed by atoms with Gasteiger partial charge in [-0.3, -0.25) is 0 Å². The molecule has 0 unspecified atom stereocenters. The quantitative estimate of drug-likeness (QED) is 0.310. The summed E-state index contributed by atoms with van der Waals surface area (Å²) in [5.41, 5.74) is 0. The van der Waals surface area contributed by atoms with Crippen LogP contribution in [-0.2, 0) is 9.59 Å². The Hall–Kier alpha value is 0.940. The minimum atomic E-state index is -1.82. The van der Waals surface area contributed by atoms with E-state index in [-0.39, 0.29) is 59.1 Å². The zero-order valence-electron chi connectivity index (χ0n) is 4.71. The standard InChI is InChI=1S/C2H2O4.2Na/c3-1(4)2(5)6;;/h(H,3,4)(H,5,6);;. The third kappa shape index (κ3) is 10.0. The molecule has 0 rings (SSSR count). The zero-order chi connectivity index (χ0) is 5.15. The molecule has 0 amide bonds. The van der Waals surface area contributed by atoms with Crippen LogP contribution in [0.4, 0.5) is 0 Å². The monoisotopic (exact) mass is 136 g/mol. The second-order valence-electron chi connectivity index (χ2n) is 0.610. The molecular weight excluding hydrogens is 134 g/mol. The van der Waals surface area contributed by atoms with Gasteiger partial charge in [0.15, 0.2) is 0 Å². The third-order valence-corrected chi connectivity index (χ3v) is 0.183. The summed E-state index contributed by atoms with van der Waals surface area (Å²) in [5, 5.41) is 14.8. The summed E-state index contributed by atoms with van der Waals surface area (Å²) in [6.45, 7) is 0. The van der Waals surface area contributed by atoms with E-state index in [1.807, 2.05) is 0 Å². The molecule has 0 fully saturated rings. The maximum absolute atomic E-state index is 9.10. The van der Waals surface area contributed by atoms with E-state index in [4.69, 9.17) is 19.8 Å². The molecule has 0 atom stereocenters. The fourth-order valence-electron chi connectivity index (χ4n) is 0. The van der Waals surface area contributed by atoms with Crippen LogP contribution in [0, 0.1) is 0 Å². The van der Waals surface area contributed by atoms with E-state index in [9.17, 15) is 0 Å². The van der Waals surface area contributed by atoms with E-state index in [2.05, 4.69) is 0 Å². The van der Waals surface area contributed by atoms with Gasteiger partial charge in [0, 0.05) is 59.1 Å². The molecule has 6 heteroatoms. The van der Waals surface area contributed by atoms with E-state index in [0.717, 1.165) is 0 Å². The predicted octanol–water partition coefficient (Wildman–Crippen LogP) is -1.61. The van der Waals surface area contributed by atoms with Gasteiger partial charge in [0.05, 0.1) is 0 Å². The number of aliphatic carboxylic acids is 2. The van der Waals surface area contributed by atoms with Crippen LogP contribution in [0.5, 0.6) is 0 Å². The molecule has 0 aromatic rings. The normalized spacial score (nSPS) is 5.50. The Morgan fingerprint density at radius 1 is 0.875 bits per heavy atom. The van der Waals surface area contributed by atoms with Gasteiger partial charge in [-0.15, -0.1) is 0 Å². The van der Waals surface area contributed by atoms with Crippen molar-refractivity contribution >= 4 is 71.1 Å². The van der Waals surface area contributed by atoms with Gasteiger partial charge >= 0.3 is 11.9 Å². The van der Waals surface area contributed by atoms with Gasteiger partial charge in [-0.05, 0) is 0 Å². The van der Waals surface area contributed by atoms with E-state index in [1.165, 1.54) is 0 Å². The van der Waals surface area contributed by atoms with Crippen LogP contribution in [0.25, 0.3) is 0 Å². The summed E-state index contributed by atoms with van der Waals surface area (Å²) < 4.78 is 0. The van der Waals surface area contributed by atoms with E-state index >= 15 is 0 Å². The van der Waals surface area contributed by atoms with Crippen molar-refractivity contribution in [3.8, 4) is 0 Å². The molecule has 0 heterocycles. The molecule has 0 aliphatic carbocycles. The van der Waals surface area contributed by atoms with Crippen molar-refractivity contribution < 1.29 is 19.8 Å². The maximum Gasteiger partial charge on any atom is 0.414 e. The van der Waals surface area contributed by atoms with Gasteiger partial charge in [0.25, 0.3) is 0 Å². The van der Waals surface area contributed by atoms with Crippen LogP contribution in [-0.4, -0.2) is 81.3 Å². The van der Waals surface area contributed by atoms with Gasteiger partial charge in [0.2, 0.25) is 0 Å². The molecule has 0 spiro atoms. The topological polar surface area (TPSA) is 74.6 Å². The average molecular weight is 136 g/mol. The molecule has 36 valence electrons. The summed E-state index contributed by atoms with van der Waals surface area (Å²) in [6.07, 6.45) is 0. The first-order valence-electron chi connectivity index (χ1n) is 1.11. The van der Waals surface area contributed by atoms with Crippen LogP contribution in [0.1, 0.15) is 0 Å². The maximum atomic E-state index is 9.10. The van der Waals surface area contributed by atoms with Gasteiger partial charge in [-0.25, -0.2) is 9.59 Å². The van der Waals surface area contributed by atoms with Crippen molar-refractivity contribution in [3.63, 3.8) is 0 Å². The Morgan fingerprint density at radius 3 is 1.00 bits per heavy atom. The molecule has 2 radical (unpaired) electrons. The van der Waals surface area contributed by atoms with Crippen molar-refractivity contribution in [1.82, 2.24) is 0 Å². The van der Waals surface area contributed by atoms with Crippen molar-refractivity contribution in [3.05, 3.63) is 0 Å². The summed E-state index contributed by atoms with van der Waals surface area (Å²) in [7, 11) is 0. The predicted molar refractivity (Wildman–Crippen MR) is 26.8 cm³/mol. The Kier molecular flexibility index (Phi) is 15.9. The fraction of sp³-hybridized carbons (Fsp3) is 0. The molecular formula is C2H2Na2O4. The molecule has 0 saturated heterocycles. The van der Waals surface area contributed by atoms with E-state index in [1.54, 1.807) is 0 Å². The molecule has 4 nitrogen and oxygen atoms in total. The number of carboxylic acid groups (broad SMARTS) is 2. The van der Waals surface area contributed by atoms with Crippen LogP contribution < -0.4 is 0 Å². The number of hydrogen-bond acceptors (Lipinski definition) is 2. The Balaban J connectivity index is -0.000000125. The number of rotatable bonds is 0. The largest absolute Gasteiger partial charge is 0.473 e. The fourth-order valence-corrected chi connectivity index (χ4v) is 0. The zero-order valence-corrected chi connectivity index (χ0v) is 8.71. The molecule has 2 N–H and O–H groups in total. The Bertz CT molecular complexity index is 78.0.